The first-order valence-corrected chi connectivity index (χ1v) is 9.02. The maximum atomic E-state index is 13.3. The predicted octanol–water partition coefficient (Wildman–Crippen LogP) is 2.55. The molecule has 0 radical (unpaired) electrons. The summed E-state index contributed by atoms with van der Waals surface area (Å²) in [7, 11) is 1.60. The van der Waals surface area contributed by atoms with E-state index in [4.69, 9.17) is 0 Å². The van der Waals surface area contributed by atoms with Crippen LogP contribution in [0.15, 0.2) is 63.7 Å². The van der Waals surface area contributed by atoms with E-state index < -0.39 is 17.2 Å². The van der Waals surface area contributed by atoms with Crippen LogP contribution in [0.25, 0.3) is 5.70 Å². The molecule has 0 saturated heterocycles. The minimum atomic E-state index is -0.554. The van der Waals surface area contributed by atoms with Gasteiger partial charge in [-0.1, -0.05) is 54.1 Å². The highest BCUT2D eigenvalue weighted by atomic mass is 16.2. The number of aromatic amines is 1. The number of anilines is 1. The van der Waals surface area contributed by atoms with Crippen LogP contribution in [-0.2, 0) is 7.05 Å². The molecule has 0 unspecified atom stereocenters. The highest BCUT2D eigenvalue weighted by molar-refractivity contribution is 6.23. The van der Waals surface area contributed by atoms with Gasteiger partial charge in [-0.2, -0.15) is 0 Å². The number of allylic oxidation sites excluding steroid dienone is 1. The van der Waals surface area contributed by atoms with Crippen molar-refractivity contribution >= 4 is 17.3 Å². The van der Waals surface area contributed by atoms with Crippen LogP contribution in [0.2, 0.25) is 0 Å². The number of carbonyl (C=O) groups excluding carboxylic acids is 1. The second kappa shape index (κ2) is 5.66. The summed E-state index contributed by atoms with van der Waals surface area (Å²) >= 11 is 0. The minimum absolute atomic E-state index is 0.0940. The molecule has 6 nitrogen and oxygen atoms in total. The van der Waals surface area contributed by atoms with Gasteiger partial charge >= 0.3 is 5.69 Å². The van der Waals surface area contributed by atoms with Gasteiger partial charge in [0.05, 0.1) is 11.3 Å². The van der Waals surface area contributed by atoms with Gasteiger partial charge in [0.25, 0.3) is 5.56 Å². The number of carbonyl (C=O) groups is 1. The monoisotopic (exact) mass is 371 g/mol. The van der Waals surface area contributed by atoms with E-state index in [1.807, 2.05) is 49.4 Å². The number of aromatic nitrogens is 2. The minimum Gasteiger partial charge on any atom is -0.340 e. The van der Waals surface area contributed by atoms with E-state index in [0.29, 0.717) is 28.2 Å². The van der Waals surface area contributed by atoms with Gasteiger partial charge in [0.15, 0.2) is 5.78 Å². The van der Waals surface area contributed by atoms with Crippen molar-refractivity contribution in [1.29, 1.82) is 0 Å². The number of fused-ring (bicyclic) bond motifs is 3. The van der Waals surface area contributed by atoms with E-state index in [9.17, 15) is 14.4 Å². The third kappa shape index (κ3) is 2.11. The van der Waals surface area contributed by atoms with Crippen molar-refractivity contribution in [3.63, 3.8) is 0 Å². The fourth-order valence-electron chi connectivity index (χ4n) is 4.22. The number of nitrogens with one attached hydrogen (secondary N) is 2. The Kier molecular flexibility index (Phi) is 3.34. The zero-order chi connectivity index (χ0) is 19.6. The molecule has 6 heteroatoms. The quantitative estimate of drug-likeness (QED) is 0.689. The standard InChI is InChI=1S/C22H17N3O3/c1-11-6-5-7-12(10-11)15-16-18(13-8-3-4-9-14(13)19(16)26)23-20-17(15)21(27)24-22(28)25(20)2/h3-10,15,23H,1-2H3,(H,24,27,28)/t15-/m0/s1. The number of benzene rings is 2. The maximum absolute atomic E-state index is 13.3. The first-order valence-electron chi connectivity index (χ1n) is 9.02. The van der Waals surface area contributed by atoms with Crippen molar-refractivity contribution in [1.82, 2.24) is 9.55 Å². The number of aryl methyl sites for hydroxylation is 1. The van der Waals surface area contributed by atoms with Gasteiger partial charge in [0, 0.05) is 29.7 Å². The van der Waals surface area contributed by atoms with E-state index in [2.05, 4.69) is 10.3 Å². The molecule has 3 aromatic rings. The lowest BCUT2D eigenvalue weighted by atomic mass is 9.81. The summed E-state index contributed by atoms with van der Waals surface area (Å²) in [5, 5.41) is 3.21. The molecule has 1 aliphatic heterocycles. The van der Waals surface area contributed by atoms with Gasteiger partial charge in [-0.15, -0.1) is 0 Å². The number of hydrogen-bond acceptors (Lipinski definition) is 4. The molecule has 2 aliphatic rings. The van der Waals surface area contributed by atoms with Crippen LogP contribution < -0.4 is 16.6 Å². The number of hydrogen-bond donors (Lipinski definition) is 2. The number of ketones is 1. The van der Waals surface area contributed by atoms with Crippen molar-refractivity contribution in [2.24, 2.45) is 7.05 Å². The Hall–Kier alpha value is -3.67. The highest BCUT2D eigenvalue weighted by Gasteiger charge is 2.42. The molecule has 1 aliphatic carbocycles. The number of rotatable bonds is 1. The first-order chi connectivity index (χ1) is 13.5. The van der Waals surface area contributed by atoms with Crippen molar-refractivity contribution in [2.45, 2.75) is 12.8 Å². The number of nitrogens with zero attached hydrogens (tertiary/aromatic N) is 1. The topological polar surface area (TPSA) is 84.0 Å². The molecule has 1 atom stereocenters. The summed E-state index contributed by atoms with van der Waals surface area (Å²) in [5.41, 5.74) is 3.89. The molecule has 2 heterocycles. The van der Waals surface area contributed by atoms with Crippen LogP contribution in [0.5, 0.6) is 0 Å². The largest absolute Gasteiger partial charge is 0.340 e. The zero-order valence-electron chi connectivity index (χ0n) is 15.4. The SMILES string of the molecule is Cc1cccc([C@H]2C3=C(Nc4c2c(=O)[nH]c(=O)n4C)c2ccccc2C3=O)c1. The summed E-state index contributed by atoms with van der Waals surface area (Å²) in [5.74, 6) is -0.228. The molecule has 1 aromatic heterocycles. The van der Waals surface area contributed by atoms with Gasteiger partial charge in [-0.05, 0) is 12.5 Å². The molecule has 0 amide bonds. The average Bonchev–Trinajstić information content (AvgIpc) is 2.97. The van der Waals surface area contributed by atoms with Crippen LogP contribution in [-0.4, -0.2) is 15.3 Å². The van der Waals surface area contributed by atoms with E-state index in [0.717, 1.165) is 16.7 Å². The molecule has 28 heavy (non-hydrogen) atoms. The van der Waals surface area contributed by atoms with Gasteiger partial charge < -0.3 is 5.32 Å². The second-order valence-electron chi connectivity index (χ2n) is 7.22. The Morgan fingerprint density at radius 2 is 1.71 bits per heavy atom. The molecular weight excluding hydrogens is 354 g/mol. The molecule has 0 spiro atoms. The first kappa shape index (κ1) is 16.5. The highest BCUT2D eigenvalue weighted by Crippen LogP contribution is 2.47. The molecule has 0 fully saturated rings. The van der Waals surface area contributed by atoms with Crippen molar-refractivity contribution in [3.8, 4) is 0 Å². The Labute approximate surface area is 160 Å². The third-order valence-electron chi connectivity index (χ3n) is 5.51. The van der Waals surface area contributed by atoms with Gasteiger partial charge in [0.1, 0.15) is 5.82 Å². The van der Waals surface area contributed by atoms with Crippen LogP contribution >= 0.6 is 0 Å². The molecule has 5 rings (SSSR count). The lowest BCUT2D eigenvalue weighted by molar-refractivity contribution is 0.103. The lowest BCUT2D eigenvalue weighted by Crippen LogP contribution is -2.37. The molecule has 2 aromatic carbocycles. The molecule has 0 bridgehead atoms. The van der Waals surface area contributed by atoms with Crippen LogP contribution in [0.3, 0.4) is 0 Å². The summed E-state index contributed by atoms with van der Waals surface area (Å²) in [6.45, 7) is 1.97. The summed E-state index contributed by atoms with van der Waals surface area (Å²) in [4.78, 5) is 40.7. The molecule has 0 saturated carbocycles. The summed E-state index contributed by atoms with van der Waals surface area (Å²) in [6.07, 6.45) is 0. The Morgan fingerprint density at radius 3 is 2.46 bits per heavy atom. The predicted molar refractivity (Wildman–Crippen MR) is 107 cm³/mol. The van der Waals surface area contributed by atoms with Crippen LogP contribution in [0.4, 0.5) is 5.82 Å². The third-order valence-corrected chi connectivity index (χ3v) is 5.51. The number of H-pyrrole nitrogens is 1. The van der Waals surface area contributed by atoms with Crippen LogP contribution in [0.1, 0.15) is 38.5 Å². The van der Waals surface area contributed by atoms with E-state index in [1.165, 1.54) is 4.57 Å². The molecule has 138 valence electrons. The van der Waals surface area contributed by atoms with Crippen molar-refractivity contribution in [3.05, 3.63) is 103 Å². The summed E-state index contributed by atoms with van der Waals surface area (Å²) < 4.78 is 1.38. The second-order valence-corrected chi connectivity index (χ2v) is 7.22. The Balaban J connectivity index is 1.88. The number of Topliss-reactive ketones (excluding diaryl/α,β-unsaturated/α-hetero) is 1. The van der Waals surface area contributed by atoms with Crippen LogP contribution in [0, 0.1) is 6.92 Å². The maximum Gasteiger partial charge on any atom is 0.329 e. The normalized spacial score (nSPS) is 17.1. The van der Waals surface area contributed by atoms with E-state index in [1.54, 1.807) is 13.1 Å². The fourth-order valence-corrected chi connectivity index (χ4v) is 4.22. The van der Waals surface area contributed by atoms with Crippen molar-refractivity contribution in [2.75, 3.05) is 5.32 Å². The molecular formula is C22H17N3O3. The Morgan fingerprint density at radius 1 is 0.964 bits per heavy atom. The van der Waals surface area contributed by atoms with Gasteiger partial charge in [-0.3, -0.25) is 19.1 Å². The van der Waals surface area contributed by atoms with Crippen molar-refractivity contribution < 1.29 is 4.79 Å². The smallest absolute Gasteiger partial charge is 0.329 e. The van der Waals surface area contributed by atoms with E-state index in [-0.39, 0.29) is 5.78 Å². The summed E-state index contributed by atoms with van der Waals surface area (Å²) in [6, 6.07) is 15.1. The van der Waals surface area contributed by atoms with Gasteiger partial charge in [-0.25, -0.2) is 4.79 Å². The molecule has 2 N–H and O–H groups in total. The van der Waals surface area contributed by atoms with E-state index >= 15 is 0 Å². The lowest BCUT2D eigenvalue weighted by Gasteiger charge is -2.29. The zero-order valence-corrected chi connectivity index (χ0v) is 15.4. The fraction of sp³-hybridized carbons (Fsp3) is 0.136. The van der Waals surface area contributed by atoms with Gasteiger partial charge in [0.2, 0.25) is 0 Å². The average molecular weight is 371 g/mol. The Bertz CT molecular complexity index is 1330.